The maximum absolute atomic E-state index is 6.08. The number of aromatic amines is 1. The number of fused-ring (bicyclic) bond motifs is 1. The van der Waals surface area contributed by atoms with Crippen molar-refractivity contribution in [3.8, 4) is 0 Å². The van der Waals surface area contributed by atoms with E-state index in [0.717, 1.165) is 5.52 Å². The van der Waals surface area contributed by atoms with Crippen molar-refractivity contribution in [3.63, 3.8) is 0 Å². The monoisotopic (exact) mass is 260 g/mol. The van der Waals surface area contributed by atoms with Crippen LogP contribution in [0.3, 0.4) is 0 Å². The first-order valence-electron chi connectivity index (χ1n) is 5.20. The SMILES string of the molecule is Nc1ccc(Cl)c(Nc2ncnc3nc[nH]c23)c1. The summed E-state index contributed by atoms with van der Waals surface area (Å²) >= 11 is 6.08. The van der Waals surface area contributed by atoms with Crippen LogP contribution in [0.1, 0.15) is 0 Å². The summed E-state index contributed by atoms with van der Waals surface area (Å²) in [5.41, 5.74) is 8.34. The first kappa shape index (κ1) is 10.8. The second-order valence-electron chi connectivity index (χ2n) is 3.69. The van der Waals surface area contributed by atoms with Crippen molar-refractivity contribution in [2.75, 3.05) is 11.1 Å². The van der Waals surface area contributed by atoms with Crippen LogP contribution in [0.15, 0.2) is 30.9 Å². The second-order valence-corrected chi connectivity index (χ2v) is 4.09. The quantitative estimate of drug-likeness (QED) is 0.615. The minimum atomic E-state index is 0.565. The summed E-state index contributed by atoms with van der Waals surface area (Å²) in [5, 5.41) is 3.67. The standard InChI is InChI=1S/C11H9ClN6/c12-7-2-1-6(13)3-8(7)18-11-9-10(15-4-14-9)16-5-17-11/h1-5H,13H2,(H2,14,15,16,17,18). The summed E-state index contributed by atoms with van der Waals surface area (Å²) in [5.74, 6) is 0.602. The van der Waals surface area contributed by atoms with E-state index in [1.807, 2.05) is 0 Å². The first-order valence-corrected chi connectivity index (χ1v) is 5.58. The van der Waals surface area contributed by atoms with Crippen LogP contribution < -0.4 is 11.1 Å². The van der Waals surface area contributed by atoms with Gasteiger partial charge in [0.2, 0.25) is 0 Å². The van der Waals surface area contributed by atoms with E-state index in [0.29, 0.717) is 27.9 Å². The second kappa shape index (κ2) is 4.15. The minimum absolute atomic E-state index is 0.565. The number of aromatic nitrogens is 4. The highest BCUT2D eigenvalue weighted by atomic mass is 35.5. The molecule has 0 saturated carbocycles. The number of nitrogen functional groups attached to an aromatic ring is 1. The Labute approximate surface area is 107 Å². The van der Waals surface area contributed by atoms with E-state index in [2.05, 4.69) is 25.3 Å². The lowest BCUT2D eigenvalue weighted by molar-refractivity contribution is 1.20. The fraction of sp³-hybridized carbons (Fsp3) is 0. The molecule has 0 aliphatic heterocycles. The molecule has 90 valence electrons. The maximum atomic E-state index is 6.08. The summed E-state index contributed by atoms with van der Waals surface area (Å²) in [6.45, 7) is 0. The summed E-state index contributed by atoms with van der Waals surface area (Å²) < 4.78 is 0. The topological polar surface area (TPSA) is 92.5 Å². The number of H-pyrrole nitrogens is 1. The summed E-state index contributed by atoms with van der Waals surface area (Å²) in [6.07, 6.45) is 3.00. The number of halogens is 1. The molecule has 3 aromatic rings. The Morgan fingerprint density at radius 2 is 2.11 bits per heavy atom. The van der Waals surface area contributed by atoms with E-state index >= 15 is 0 Å². The number of hydrogen-bond donors (Lipinski definition) is 3. The highest BCUT2D eigenvalue weighted by molar-refractivity contribution is 6.33. The van der Waals surface area contributed by atoms with E-state index in [1.54, 1.807) is 24.5 Å². The molecule has 18 heavy (non-hydrogen) atoms. The van der Waals surface area contributed by atoms with Crippen molar-refractivity contribution in [2.24, 2.45) is 0 Å². The van der Waals surface area contributed by atoms with Crippen LogP contribution in [0.2, 0.25) is 5.02 Å². The summed E-state index contributed by atoms with van der Waals surface area (Å²) in [6, 6.07) is 5.20. The Morgan fingerprint density at radius 1 is 1.22 bits per heavy atom. The highest BCUT2D eigenvalue weighted by Gasteiger charge is 2.08. The van der Waals surface area contributed by atoms with E-state index in [4.69, 9.17) is 17.3 Å². The van der Waals surface area contributed by atoms with Crippen LogP contribution >= 0.6 is 11.6 Å². The Bertz CT molecular complexity index is 708. The number of benzene rings is 1. The van der Waals surface area contributed by atoms with Crippen molar-refractivity contribution in [1.82, 2.24) is 19.9 Å². The number of imidazole rings is 1. The third kappa shape index (κ3) is 1.82. The average molecular weight is 261 g/mol. The van der Waals surface area contributed by atoms with Gasteiger partial charge in [-0.3, -0.25) is 0 Å². The number of hydrogen-bond acceptors (Lipinski definition) is 5. The van der Waals surface area contributed by atoms with E-state index in [-0.39, 0.29) is 0 Å². The van der Waals surface area contributed by atoms with Gasteiger partial charge in [-0.15, -0.1) is 0 Å². The Hall–Kier alpha value is -2.34. The van der Waals surface area contributed by atoms with Crippen LogP contribution in [0, 0.1) is 0 Å². The molecule has 1 aromatic carbocycles. The molecule has 0 aliphatic rings. The Balaban J connectivity index is 2.06. The number of nitrogens with two attached hydrogens (primary N) is 1. The zero-order valence-electron chi connectivity index (χ0n) is 9.18. The van der Waals surface area contributed by atoms with Crippen LogP contribution in [-0.2, 0) is 0 Å². The van der Waals surface area contributed by atoms with Gasteiger partial charge in [0, 0.05) is 5.69 Å². The molecule has 3 rings (SSSR count). The molecule has 0 atom stereocenters. The van der Waals surface area contributed by atoms with Gasteiger partial charge in [0.1, 0.15) is 11.8 Å². The van der Waals surface area contributed by atoms with Crippen molar-refractivity contribution in [3.05, 3.63) is 35.9 Å². The van der Waals surface area contributed by atoms with Gasteiger partial charge in [-0.25, -0.2) is 15.0 Å². The molecule has 0 radical (unpaired) electrons. The van der Waals surface area contributed by atoms with Crippen molar-refractivity contribution >= 4 is 40.0 Å². The van der Waals surface area contributed by atoms with Crippen LogP contribution in [0.5, 0.6) is 0 Å². The molecule has 0 spiro atoms. The molecule has 0 fully saturated rings. The molecule has 2 heterocycles. The van der Waals surface area contributed by atoms with E-state index in [1.165, 1.54) is 6.33 Å². The largest absolute Gasteiger partial charge is 0.399 e. The normalized spacial score (nSPS) is 10.7. The molecule has 0 saturated heterocycles. The molecule has 0 bridgehead atoms. The third-order valence-corrected chi connectivity index (χ3v) is 2.80. The zero-order chi connectivity index (χ0) is 12.5. The highest BCUT2D eigenvalue weighted by Crippen LogP contribution is 2.28. The Kier molecular flexibility index (Phi) is 2.49. The van der Waals surface area contributed by atoms with Gasteiger partial charge in [0.05, 0.1) is 17.0 Å². The Morgan fingerprint density at radius 3 is 3.00 bits per heavy atom. The third-order valence-electron chi connectivity index (χ3n) is 2.47. The number of anilines is 3. The molecular weight excluding hydrogens is 252 g/mol. The van der Waals surface area contributed by atoms with Gasteiger partial charge in [0.25, 0.3) is 0 Å². The smallest absolute Gasteiger partial charge is 0.182 e. The van der Waals surface area contributed by atoms with Crippen LogP contribution in [0.4, 0.5) is 17.2 Å². The van der Waals surface area contributed by atoms with Crippen molar-refractivity contribution < 1.29 is 0 Å². The lowest BCUT2D eigenvalue weighted by atomic mass is 10.3. The predicted octanol–water partition coefficient (Wildman–Crippen LogP) is 2.33. The average Bonchev–Trinajstić information content (AvgIpc) is 2.83. The van der Waals surface area contributed by atoms with Gasteiger partial charge >= 0.3 is 0 Å². The number of nitrogens with zero attached hydrogens (tertiary/aromatic N) is 3. The zero-order valence-corrected chi connectivity index (χ0v) is 9.94. The predicted molar refractivity (Wildman–Crippen MR) is 70.8 cm³/mol. The summed E-state index contributed by atoms with van der Waals surface area (Å²) in [7, 11) is 0. The van der Waals surface area contributed by atoms with Gasteiger partial charge in [-0.2, -0.15) is 0 Å². The number of nitrogens with one attached hydrogen (secondary N) is 2. The molecule has 0 unspecified atom stereocenters. The molecule has 0 aliphatic carbocycles. The molecule has 0 amide bonds. The van der Waals surface area contributed by atoms with Gasteiger partial charge in [0.15, 0.2) is 11.5 Å². The van der Waals surface area contributed by atoms with E-state index in [9.17, 15) is 0 Å². The first-order chi connectivity index (χ1) is 8.74. The van der Waals surface area contributed by atoms with Crippen molar-refractivity contribution in [1.29, 1.82) is 0 Å². The number of rotatable bonds is 2. The summed E-state index contributed by atoms with van der Waals surface area (Å²) in [4.78, 5) is 15.2. The molecule has 6 nitrogen and oxygen atoms in total. The molecule has 2 aromatic heterocycles. The van der Waals surface area contributed by atoms with Crippen LogP contribution in [0.25, 0.3) is 11.2 Å². The lowest BCUT2D eigenvalue weighted by Crippen LogP contribution is -1.97. The molecule has 7 heteroatoms. The van der Waals surface area contributed by atoms with Crippen LogP contribution in [-0.4, -0.2) is 19.9 Å². The molecular formula is C11H9ClN6. The lowest BCUT2D eigenvalue weighted by Gasteiger charge is -2.08. The van der Waals surface area contributed by atoms with Gasteiger partial charge in [-0.05, 0) is 18.2 Å². The minimum Gasteiger partial charge on any atom is -0.399 e. The fourth-order valence-corrected chi connectivity index (χ4v) is 1.79. The van der Waals surface area contributed by atoms with Crippen molar-refractivity contribution in [2.45, 2.75) is 0 Å². The fourth-order valence-electron chi connectivity index (χ4n) is 1.63. The van der Waals surface area contributed by atoms with E-state index < -0.39 is 0 Å². The maximum Gasteiger partial charge on any atom is 0.182 e. The molecule has 4 N–H and O–H groups in total. The van der Waals surface area contributed by atoms with Gasteiger partial charge < -0.3 is 16.0 Å². The van der Waals surface area contributed by atoms with Gasteiger partial charge in [-0.1, -0.05) is 11.6 Å².